The third-order valence-corrected chi connectivity index (χ3v) is 5.86. The summed E-state index contributed by atoms with van der Waals surface area (Å²) >= 11 is 0. The van der Waals surface area contributed by atoms with Crippen LogP contribution in [0.4, 0.5) is 29.1 Å². The molecule has 0 fully saturated rings. The van der Waals surface area contributed by atoms with Gasteiger partial charge in [0.1, 0.15) is 5.82 Å². The zero-order chi connectivity index (χ0) is 25.8. The maximum atomic E-state index is 13.6. The number of carbonyl (C=O) groups excluding carboxylic acids is 1. The van der Waals surface area contributed by atoms with E-state index in [-0.39, 0.29) is 28.4 Å². The monoisotopic (exact) mass is 495 g/mol. The van der Waals surface area contributed by atoms with Gasteiger partial charge < -0.3 is 0 Å². The Morgan fingerprint density at radius 3 is 2.33 bits per heavy atom. The number of nitrogens with zero attached hydrogens (tertiary/aromatic N) is 5. The molecule has 0 saturated carbocycles. The smallest absolute Gasteiger partial charge is 0.300 e. The molecule has 0 bridgehead atoms. The Labute approximate surface area is 203 Å². The van der Waals surface area contributed by atoms with Crippen molar-refractivity contribution in [3.05, 3.63) is 84.4 Å². The first-order valence-corrected chi connectivity index (χ1v) is 11.1. The fourth-order valence-electron chi connectivity index (χ4n) is 4.00. The van der Waals surface area contributed by atoms with Gasteiger partial charge in [-0.1, -0.05) is 32.9 Å². The quantitative estimate of drug-likeness (QED) is 0.275. The van der Waals surface area contributed by atoms with Crippen molar-refractivity contribution in [2.75, 3.05) is 4.90 Å². The number of fused-ring (bicyclic) bond motifs is 2. The number of benzene rings is 2. The summed E-state index contributed by atoms with van der Waals surface area (Å²) in [6, 6.07) is 15.6. The largest absolute Gasteiger partial charge is 0.472 e. The molecule has 0 radical (unpaired) electrons. The molecule has 3 heterocycles. The molecule has 2 aromatic carbocycles. The van der Waals surface area contributed by atoms with Gasteiger partial charge in [-0.2, -0.15) is 13.2 Å². The highest BCUT2D eigenvalue weighted by atomic mass is 19.4. The van der Waals surface area contributed by atoms with Crippen LogP contribution < -0.4 is 4.90 Å². The fourth-order valence-corrected chi connectivity index (χ4v) is 4.00. The first-order chi connectivity index (χ1) is 16.9. The first-order valence-electron chi connectivity index (χ1n) is 11.1. The van der Waals surface area contributed by atoms with Crippen LogP contribution in [-0.2, 0) is 10.2 Å². The van der Waals surface area contributed by atoms with Gasteiger partial charge in [-0.15, -0.1) is 5.10 Å². The van der Waals surface area contributed by atoms with E-state index in [1.807, 2.05) is 20.8 Å². The molecular weight excluding hydrogens is 474 g/mol. The van der Waals surface area contributed by atoms with Crippen molar-refractivity contribution in [1.82, 2.24) is 19.2 Å². The van der Waals surface area contributed by atoms with Crippen LogP contribution in [0, 0.1) is 5.82 Å². The number of carbonyl (C=O) groups is 1. The van der Waals surface area contributed by atoms with Gasteiger partial charge in [0.15, 0.2) is 17.3 Å². The second-order valence-corrected chi connectivity index (χ2v) is 9.42. The summed E-state index contributed by atoms with van der Waals surface area (Å²) in [6.07, 6.45) is -2.13. The van der Waals surface area contributed by atoms with Gasteiger partial charge in [-0.3, -0.25) is 14.3 Å². The average Bonchev–Trinajstić information content (AvgIpc) is 3.41. The molecule has 10 heteroatoms. The van der Waals surface area contributed by atoms with Crippen LogP contribution in [0.25, 0.3) is 22.4 Å². The van der Waals surface area contributed by atoms with Gasteiger partial charge in [-0.25, -0.2) is 13.9 Å². The molecule has 0 saturated heterocycles. The number of hydrogen-bond donors (Lipinski definition) is 0. The molecule has 5 rings (SSSR count). The Morgan fingerprint density at radius 1 is 0.944 bits per heavy atom. The lowest BCUT2D eigenvalue weighted by Gasteiger charge is -2.24. The summed E-state index contributed by atoms with van der Waals surface area (Å²) in [6.45, 7) is 5.95. The van der Waals surface area contributed by atoms with Crippen molar-refractivity contribution >= 4 is 34.0 Å². The lowest BCUT2D eigenvalue weighted by molar-refractivity contribution is -0.169. The number of hydrogen-bond acceptors (Lipinski definition) is 3. The van der Waals surface area contributed by atoms with E-state index in [1.165, 1.54) is 35.0 Å². The second kappa shape index (κ2) is 8.18. The SMILES string of the molecule is CC(C)(C)c1ccc(N(C(=O)C(F)(F)F)c2cn3nc(-n4ccc5cc(F)ccc54)ccc3n2)cc1. The van der Waals surface area contributed by atoms with Crippen LogP contribution in [0.15, 0.2) is 73.1 Å². The molecule has 0 unspecified atom stereocenters. The summed E-state index contributed by atoms with van der Waals surface area (Å²) in [5.74, 6) is -2.21. The van der Waals surface area contributed by atoms with E-state index in [2.05, 4.69) is 10.1 Å². The summed E-state index contributed by atoms with van der Waals surface area (Å²) in [4.78, 5) is 17.2. The van der Waals surface area contributed by atoms with Crippen molar-refractivity contribution in [2.24, 2.45) is 0 Å². The molecule has 1 amide bonds. The third kappa shape index (κ3) is 4.19. The van der Waals surface area contributed by atoms with Crippen LogP contribution >= 0.6 is 0 Å². The number of aromatic nitrogens is 4. The maximum absolute atomic E-state index is 13.6. The molecule has 3 aromatic heterocycles. The highest BCUT2D eigenvalue weighted by Gasteiger charge is 2.44. The van der Waals surface area contributed by atoms with Crippen LogP contribution in [-0.4, -0.2) is 31.2 Å². The molecule has 0 aliphatic rings. The minimum atomic E-state index is -5.11. The van der Waals surface area contributed by atoms with E-state index >= 15 is 0 Å². The zero-order valence-corrected chi connectivity index (χ0v) is 19.6. The summed E-state index contributed by atoms with van der Waals surface area (Å²) in [5, 5.41) is 5.13. The van der Waals surface area contributed by atoms with Crippen molar-refractivity contribution in [1.29, 1.82) is 0 Å². The minimum Gasteiger partial charge on any atom is -0.300 e. The predicted molar refractivity (Wildman–Crippen MR) is 128 cm³/mol. The number of alkyl halides is 3. The first kappa shape index (κ1) is 23.5. The van der Waals surface area contributed by atoms with Crippen LogP contribution in [0.1, 0.15) is 26.3 Å². The summed E-state index contributed by atoms with van der Waals surface area (Å²) in [7, 11) is 0. The standard InChI is InChI=1S/C26H21F4N5O/c1-25(2,3)17-4-7-19(8-5-17)35(24(36)26(28,29)30)23-15-34-21(31-23)10-11-22(32-34)33-13-12-16-14-18(27)6-9-20(16)33/h4-15H,1-3H3. The summed E-state index contributed by atoms with van der Waals surface area (Å²) in [5.41, 5.74) is 1.69. The Bertz CT molecular complexity index is 1590. The van der Waals surface area contributed by atoms with Crippen molar-refractivity contribution in [3.63, 3.8) is 0 Å². The lowest BCUT2D eigenvalue weighted by Crippen LogP contribution is -2.38. The van der Waals surface area contributed by atoms with Gasteiger partial charge in [0, 0.05) is 11.6 Å². The zero-order valence-electron chi connectivity index (χ0n) is 19.6. The molecule has 184 valence electrons. The lowest BCUT2D eigenvalue weighted by atomic mass is 9.87. The van der Waals surface area contributed by atoms with Gasteiger partial charge in [-0.05, 0) is 59.5 Å². The topological polar surface area (TPSA) is 55.4 Å². The summed E-state index contributed by atoms with van der Waals surface area (Å²) < 4.78 is 57.2. The number of halogens is 4. The molecule has 0 spiro atoms. The predicted octanol–water partition coefficient (Wildman–Crippen LogP) is 6.34. The number of rotatable bonds is 3. The molecule has 5 aromatic rings. The molecule has 6 nitrogen and oxygen atoms in total. The Kier molecular flexibility index (Phi) is 5.35. The second-order valence-electron chi connectivity index (χ2n) is 9.42. The maximum Gasteiger partial charge on any atom is 0.472 e. The average molecular weight is 495 g/mol. The van der Waals surface area contributed by atoms with Gasteiger partial charge >= 0.3 is 12.1 Å². The van der Waals surface area contributed by atoms with E-state index in [4.69, 9.17) is 0 Å². The molecule has 0 atom stereocenters. The van der Waals surface area contributed by atoms with Crippen molar-refractivity contribution in [3.8, 4) is 5.82 Å². The highest BCUT2D eigenvalue weighted by molar-refractivity contribution is 6.03. The number of amides is 1. The molecule has 0 N–H and O–H groups in total. The van der Waals surface area contributed by atoms with E-state index in [9.17, 15) is 22.4 Å². The normalized spacial score (nSPS) is 12.4. The van der Waals surface area contributed by atoms with Crippen LogP contribution in [0.5, 0.6) is 0 Å². The molecular formula is C26H21F4N5O. The molecule has 0 aliphatic carbocycles. The fraction of sp³-hybridized carbons (Fsp3) is 0.192. The van der Waals surface area contributed by atoms with Crippen molar-refractivity contribution in [2.45, 2.75) is 32.4 Å². The minimum absolute atomic E-state index is 0.0346. The molecule has 36 heavy (non-hydrogen) atoms. The van der Waals surface area contributed by atoms with Crippen LogP contribution in [0.2, 0.25) is 0 Å². The third-order valence-electron chi connectivity index (χ3n) is 5.86. The van der Waals surface area contributed by atoms with E-state index in [0.29, 0.717) is 21.6 Å². The van der Waals surface area contributed by atoms with E-state index in [1.54, 1.807) is 47.2 Å². The Balaban J connectivity index is 1.59. The number of anilines is 2. The van der Waals surface area contributed by atoms with Crippen molar-refractivity contribution < 1.29 is 22.4 Å². The Morgan fingerprint density at radius 2 is 1.67 bits per heavy atom. The van der Waals surface area contributed by atoms with Gasteiger partial charge in [0.2, 0.25) is 0 Å². The van der Waals surface area contributed by atoms with E-state index in [0.717, 1.165) is 5.56 Å². The van der Waals surface area contributed by atoms with Gasteiger partial charge in [0.25, 0.3) is 0 Å². The van der Waals surface area contributed by atoms with Gasteiger partial charge in [0.05, 0.1) is 17.4 Å². The number of imidazole rings is 1. The Hall–Kier alpha value is -4.21. The van der Waals surface area contributed by atoms with Crippen LogP contribution in [0.3, 0.4) is 0 Å². The van der Waals surface area contributed by atoms with E-state index < -0.39 is 12.1 Å². The highest BCUT2D eigenvalue weighted by Crippen LogP contribution is 2.33. The molecule has 0 aliphatic heterocycles.